The third-order valence-electron chi connectivity index (χ3n) is 3.49. The molecule has 1 aliphatic rings. The lowest BCUT2D eigenvalue weighted by Crippen LogP contribution is -2.40. The first-order chi connectivity index (χ1) is 8.88. The van der Waals surface area contributed by atoms with Gasteiger partial charge in [-0.25, -0.2) is 0 Å². The maximum atomic E-state index is 5.26. The van der Waals surface area contributed by atoms with Crippen LogP contribution >= 0.6 is 11.3 Å². The first-order valence-electron chi connectivity index (χ1n) is 6.83. The highest BCUT2D eigenvalue weighted by atomic mass is 32.1. The first kappa shape index (κ1) is 14.0. The molecule has 1 aromatic heterocycles. The molecule has 18 heavy (non-hydrogen) atoms. The van der Waals surface area contributed by atoms with E-state index in [1.165, 1.54) is 30.8 Å². The normalized spacial score (nSPS) is 21.3. The Hall–Kier alpha value is -0.420. The lowest BCUT2D eigenvalue weighted by Gasteiger charge is -2.32. The minimum absolute atomic E-state index is 0.737. The van der Waals surface area contributed by atoms with E-state index in [0.29, 0.717) is 0 Å². The van der Waals surface area contributed by atoms with Crippen LogP contribution in [-0.2, 0) is 11.3 Å². The standard InChI is InChI=1S/C14H24N2OS/c1-17-12-13-4-2-7-16(11-13)8-6-15-10-14-5-3-9-18-14/h3,5,9,13,15H,2,4,6-8,10-12H2,1H3. The third kappa shape index (κ3) is 4.69. The maximum absolute atomic E-state index is 5.26. The summed E-state index contributed by atoms with van der Waals surface area (Å²) in [6.07, 6.45) is 2.64. The average molecular weight is 268 g/mol. The van der Waals surface area contributed by atoms with E-state index in [1.807, 2.05) is 18.4 Å². The van der Waals surface area contributed by atoms with Crippen LogP contribution in [0.2, 0.25) is 0 Å². The van der Waals surface area contributed by atoms with Crippen molar-refractivity contribution in [1.29, 1.82) is 0 Å². The van der Waals surface area contributed by atoms with Crippen molar-refractivity contribution in [3.63, 3.8) is 0 Å². The molecule has 0 aromatic carbocycles. The Morgan fingerprint density at radius 3 is 3.28 bits per heavy atom. The predicted molar refractivity (Wildman–Crippen MR) is 77.1 cm³/mol. The number of thiophene rings is 1. The lowest BCUT2D eigenvalue weighted by molar-refractivity contribution is 0.0911. The fraction of sp³-hybridized carbons (Fsp3) is 0.714. The van der Waals surface area contributed by atoms with E-state index in [0.717, 1.165) is 32.2 Å². The summed E-state index contributed by atoms with van der Waals surface area (Å²) in [7, 11) is 1.81. The summed E-state index contributed by atoms with van der Waals surface area (Å²) in [5, 5.41) is 5.66. The van der Waals surface area contributed by atoms with Gasteiger partial charge in [0.15, 0.2) is 0 Å². The fourth-order valence-electron chi connectivity index (χ4n) is 2.59. The van der Waals surface area contributed by atoms with Gasteiger partial charge in [-0.2, -0.15) is 0 Å². The molecule has 4 heteroatoms. The van der Waals surface area contributed by atoms with E-state index in [-0.39, 0.29) is 0 Å². The Morgan fingerprint density at radius 1 is 1.56 bits per heavy atom. The van der Waals surface area contributed by atoms with Gasteiger partial charge in [0.1, 0.15) is 0 Å². The van der Waals surface area contributed by atoms with Gasteiger partial charge in [0, 0.05) is 38.2 Å². The molecule has 1 saturated heterocycles. The van der Waals surface area contributed by atoms with E-state index >= 15 is 0 Å². The molecule has 1 aromatic rings. The number of likely N-dealkylation sites (tertiary alicyclic amines) is 1. The summed E-state index contributed by atoms with van der Waals surface area (Å²) in [5.74, 6) is 0.737. The second-order valence-electron chi connectivity index (χ2n) is 5.02. The molecule has 0 bridgehead atoms. The summed E-state index contributed by atoms with van der Waals surface area (Å²) in [6.45, 7) is 6.62. The fourth-order valence-corrected chi connectivity index (χ4v) is 3.26. The van der Waals surface area contributed by atoms with Gasteiger partial charge < -0.3 is 15.0 Å². The molecule has 1 unspecified atom stereocenters. The molecule has 0 spiro atoms. The van der Waals surface area contributed by atoms with Crippen molar-refractivity contribution < 1.29 is 4.74 Å². The Balaban J connectivity index is 1.58. The number of nitrogens with one attached hydrogen (secondary N) is 1. The van der Waals surface area contributed by atoms with Crippen molar-refractivity contribution in [3.8, 4) is 0 Å². The predicted octanol–water partition coefficient (Wildman–Crippen LogP) is 2.20. The molecule has 102 valence electrons. The number of hydrogen-bond acceptors (Lipinski definition) is 4. The van der Waals surface area contributed by atoms with E-state index in [4.69, 9.17) is 4.74 Å². The molecule has 1 fully saturated rings. The molecule has 0 radical (unpaired) electrons. The molecule has 0 saturated carbocycles. The third-order valence-corrected chi connectivity index (χ3v) is 4.37. The number of piperidine rings is 1. The number of hydrogen-bond donors (Lipinski definition) is 1. The average Bonchev–Trinajstić information content (AvgIpc) is 2.89. The van der Waals surface area contributed by atoms with Crippen LogP contribution in [0.15, 0.2) is 17.5 Å². The quantitative estimate of drug-likeness (QED) is 0.767. The van der Waals surface area contributed by atoms with E-state index in [2.05, 4.69) is 27.7 Å². The van der Waals surface area contributed by atoms with Gasteiger partial charge in [0.25, 0.3) is 0 Å². The Bertz CT molecular complexity index is 314. The SMILES string of the molecule is COCC1CCCN(CCNCc2cccs2)C1. The molecule has 3 nitrogen and oxygen atoms in total. The van der Waals surface area contributed by atoms with Crippen LogP contribution in [0.5, 0.6) is 0 Å². The lowest BCUT2D eigenvalue weighted by atomic mass is 9.99. The highest BCUT2D eigenvalue weighted by molar-refractivity contribution is 7.09. The van der Waals surface area contributed by atoms with Crippen molar-refractivity contribution in [2.24, 2.45) is 5.92 Å². The van der Waals surface area contributed by atoms with Gasteiger partial charge in [0.05, 0.1) is 6.61 Å². The maximum Gasteiger partial charge on any atom is 0.0502 e. The minimum Gasteiger partial charge on any atom is -0.384 e. The molecule has 1 atom stereocenters. The zero-order valence-electron chi connectivity index (χ0n) is 11.2. The largest absolute Gasteiger partial charge is 0.384 e. The van der Waals surface area contributed by atoms with Crippen molar-refractivity contribution in [3.05, 3.63) is 22.4 Å². The minimum atomic E-state index is 0.737. The van der Waals surface area contributed by atoms with Gasteiger partial charge in [-0.15, -0.1) is 11.3 Å². The topological polar surface area (TPSA) is 24.5 Å². The molecular formula is C14H24N2OS. The number of ether oxygens (including phenoxy) is 1. The Morgan fingerprint density at radius 2 is 2.50 bits per heavy atom. The van der Waals surface area contributed by atoms with Crippen LogP contribution < -0.4 is 5.32 Å². The molecule has 1 N–H and O–H groups in total. The molecule has 2 heterocycles. The van der Waals surface area contributed by atoms with Crippen LogP contribution in [0, 0.1) is 5.92 Å². The van der Waals surface area contributed by atoms with Crippen molar-refractivity contribution in [1.82, 2.24) is 10.2 Å². The Labute approximate surface area is 114 Å². The van der Waals surface area contributed by atoms with Crippen molar-refractivity contribution in [2.75, 3.05) is 39.9 Å². The van der Waals surface area contributed by atoms with Crippen LogP contribution in [0.3, 0.4) is 0 Å². The van der Waals surface area contributed by atoms with Crippen LogP contribution in [-0.4, -0.2) is 44.8 Å². The van der Waals surface area contributed by atoms with E-state index in [1.54, 1.807) is 0 Å². The van der Waals surface area contributed by atoms with Crippen LogP contribution in [0.1, 0.15) is 17.7 Å². The smallest absolute Gasteiger partial charge is 0.0502 e. The molecular weight excluding hydrogens is 244 g/mol. The van der Waals surface area contributed by atoms with Crippen LogP contribution in [0.25, 0.3) is 0 Å². The van der Waals surface area contributed by atoms with Crippen molar-refractivity contribution in [2.45, 2.75) is 19.4 Å². The first-order valence-corrected chi connectivity index (χ1v) is 7.71. The number of rotatable bonds is 7. The monoisotopic (exact) mass is 268 g/mol. The van der Waals surface area contributed by atoms with E-state index in [9.17, 15) is 0 Å². The second-order valence-corrected chi connectivity index (χ2v) is 6.05. The summed E-state index contributed by atoms with van der Waals surface area (Å²) in [4.78, 5) is 3.99. The summed E-state index contributed by atoms with van der Waals surface area (Å²) < 4.78 is 5.26. The van der Waals surface area contributed by atoms with E-state index < -0.39 is 0 Å². The number of nitrogens with zero attached hydrogens (tertiary/aromatic N) is 1. The van der Waals surface area contributed by atoms with Gasteiger partial charge in [-0.3, -0.25) is 0 Å². The van der Waals surface area contributed by atoms with Gasteiger partial charge in [-0.1, -0.05) is 6.07 Å². The van der Waals surface area contributed by atoms with Gasteiger partial charge >= 0.3 is 0 Å². The van der Waals surface area contributed by atoms with Crippen molar-refractivity contribution >= 4 is 11.3 Å². The van der Waals surface area contributed by atoms with Gasteiger partial charge in [-0.05, 0) is 36.8 Å². The molecule has 0 aliphatic carbocycles. The summed E-state index contributed by atoms with van der Waals surface area (Å²) >= 11 is 1.82. The summed E-state index contributed by atoms with van der Waals surface area (Å²) in [5.41, 5.74) is 0. The molecule has 1 aliphatic heterocycles. The Kier molecular flexibility index (Phi) is 6.14. The zero-order chi connectivity index (χ0) is 12.6. The second kappa shape index (κ2) is 7.89. The summed E-state index contributed by atoms with van der Waals surface area (Å²) in [6, 6.07) is 4.30. The number of methoxy groups -OCH3 is 1. The zero-order valence-corrected chi connectivity index (χ0v) is 12.0. The highest BCUT2D eigenvalue weighted by Crippen LogP contribution is 2.16. The van der Waals surface area contributed by atoms with Gasteiger partial charge in [0.2, 0.25) is 0 Å². The molecule has 2 rings (SSSR count). The van der Waals surface area contributed by atoms with Crippen LogP contribution in [0.4, 0.5) is 0 Å². The molecule has 0 amide bonds. The highest BCUT2D eigenvalue weighted by Gasteiger charge is 2.18.